The molecule has 2 aromatic carbocycles. The van der Waals surface area contributed by atoms with Crippen molar-refractivity contribution in [2.75, 3.05) is 11.1 Å². The topological polar surface area (TPSA) is 68.0 Å². The summed E-state index contributed by atoms with van der Waals surface area (Å²) in [6.45, 7) is 1.85. The van der Waals surface area contributed by atoms with E-state index in [1.165, 1.54) is 0 Å². The van der Waals surface area contributed by atoms with Crippen LogP contribution in [0.1, 0.15) is 15.9 Å². The molecule has 1 heterocycles. The monoisotopic (exact) mass is 311 g/mol. The Bertz CT molecular complexity index is 857. The number of nitrogen functional groups attached to an aromatic ring is 1. The van der Waals surface area contributed by atoms with Crippen molar-refractivity contribution in [3.63, 3.8) is 0 Å². The summed E-state index contributed by atoms with van der Waals surface area (Å²) in [4.78, 5) is 16.8. The van der Waals surface area contributed by atoms with Crippen molar-refractivity contribution < 1.29 is 4.79 Å². The summed E-state index contributed by atoms with van der Waals surface area (Å²) in [5, 5.41) is 4.26. The number of fused-ring (bicyclic) bond motifs is 1. The predicted molar refractivity (Wildman–Crippen MR) is 90.3 cm³/mol. The Kier molecular flexibility index (Phi) is 3.69. The Labute approximate surface area is 132 Å². The average Bonchev–Trinajstić information content (AvgIpc) is 2.50. The van der Waals surface area contributed by atoms with E-state index in [0.717, 1.165) is 10.9 Å². The zero-order chi connectivity index (χ0) is 15.7. The molecule has 0 aliphatic carbocycles. The van der Waals surface area contributed by atoms with Crippen LogP contribution in [0.15, 0.2) is 48.7 Å². The summed E-state index contributed by atoms with van der Waals surface area (Å²) in [6.07, 6.45) is 1.66. The number of nitrogens with one attached hydrogen (secondary N) is 1. The highest BCUT2D eigenvalue weighted by Crippen LogP contribution is 2.29. The summed E-state index contributed by atoms with van der Waals surface area (Å²) in [5.41, 5.74) is 8.91. The van der Waals surface area contributed by atoms with Crippen LogP contribution in [0.2, 0.25) is 5.02 Å². The first-order valence-electron chi connectivity index (χ1n) is 6.77. The zero-order valence-electron chi connectivity index (χ0n) is 11.9. The molecule has 0 fully saturated rings. The van der Waals surface area contributed by atoms with Crippen molar-refractivity contribution in [3.8, 4) is 0 Å². The van der Waals surface area contributed by atoms with Crippen molar-refractivity contribution in [1.82, 2.24) is 4.98 Å². The minimum absolute atomic E-state index is 0.259. The van der Waals surface area contributed by atoms with Gasteiger partial charge < -0.3 is 11.1 Å². The summed E-state index contributed by atoms with van der Waals surface area (Å²) < 4.78 is 0. The van der Waals surface area contributed by atoms with E-state index in [0.29, 0.717) is 27.5 Å². The van der Waals surface area contributed by atoms with Gasteiger partial charge in [0.05, 0.1) is 21.8 Å². The number of carbonyl (C=O) groups is 1. The average molecular weight is 312 g/mol. The molecular formula is C17H14ClN3O. The number of nitrogens with two attached hydrogens (primary N) is 1. The van der Waals surface area contributed by atoms with Crippen LogP contribution in [-0.2, 0) is 0 Å². The number of carbonyl (C=O) groups excluding carboxylic acids is 1. The Morgan fingerprint density at radius 1 is 1.18 bits per heavy atom. The normalized spacial score (nSPS) is 10.6. The lowest BCUT2D eigenvalue weighted by atomic mass is 10.1. The molecule has 0 saturated carbocycles. The molecule has 110 valence electrons. The third-order valence-corrected chi connectivity index (χ3v) is 3.83. The molecule has 0 saturated heterocycles. The Morgan fingerprint density at radius 2 is 2.00 bits per heavy atom. The van der Waals surface area contributed by atoms with Crippen molar-refractivity contribution >= 4 is 39.8 Å². The molecule has 1 aromatic heterocycles. The number of anilines is 2. The van der Waals surface area contributed by atoms with E-state index in [1.54, 1.807) is 30.5 Å². The maximum atomic E-state index is 12.5. The third-order valence-electron chi connectivity index (χ3n) is 3.50. The standard InChI is InChI=1S/C17H14ClN3O/c1-10-4-2-6-13(19)15(10)17(22)21-14-8-7-12(18)11-5-3-9-20-16(11)14/h2-9H,19H2,1H3,(H,21,22). The van der Waals surface area contributed by atoms with Gasteiger partial charge in [0.2, 0.25) is 0 Å². The number of aryl methyl sites for hydroxylation is 1. The number of rotatable bonds is 2. The number of pyridine rings is 1. The van der Waals surface area contributed by atoms with E-state index in [2.05, 4.69) is 10.3 Å². The van der Waals surface area contributed by atoms with Crippen LogP contribution in [-0.4, -0.2) is 10.9 Å². The van der Waals surface area contributed by atoms with Gasteiger partial charge in [-0.3, -0.25) is 9.78 Å². The molecule has 0 bridgehead atoms. The second kappa shape index (κ2) is 5.66. The van der Waals surface area contributed by atoms with E-state index in [-0.39, 0.29) is 5.91 Å². The smallest absolute Gasteiger partial charge is 0.258 e. The van der Waals surface area contributed by atoms with Gasteiger partial charge in [-0.2, -0.15) is 0 Å². The van der Waals surface area contributed by atoms with E-state index < -0.39 is 0 Å². The second-order valence-electron chi connectivity index (χ2n) is 4.99. The fourth-order valence-corrected chi connectivity index (χ4v) is 2.64. The molecule has 0 unspecified atom stereocenters. The number of nitrogens with zero attached hydrogens (tertiary/aromatic N) is 1. The largest absolute Gasteiger partial charge is 0.398 e. The fourth-order valence-electron chi connectivity index (χ4n) is 2.42. The van der Waals surface area contributed by atoms with E-state index >= 15 is 0 Å². The predicted octanol–water partition coefficient (Wildman–Crippen LogP) is 4.03. The molecule has 0 radical (unpaired) electrons. The number of benzene rings is 2. The zero-order valence-corrected chi connectivity index (χ0v) is 12.7. The number of hydrogen-bond acceptors (Lipinski definition) is 3. The van der Waals surface area contributed by atoms with Gasteiger partial charge in [-0.15, -0.1) is 0 Å². The van der Waals surface area contributed by atoms with Crippen LogP contribution in [0.3, 0.4) is 0 Å². The molecule has 0 spiro atoms. The SMILES string of the molecule is Cc1cccc(N)c1C(=O)Nc1ccc(Cl)c2cccnc12. The van der Waals surface area contributed by atoms with Crippen molar-refractivity contribution in [2.24, 2.45) is 0 Å². The van der Waals surface area contributed by atoms with E-state index in [9.17, 15) is 4.79 Å². The van der Waals surface area contributed by atoms with Crippen LogP contribution in [0, 0.1) is 6.92 Å². The lowest BCUT2D eigenvalue weighted by Gasteiger charge is -2.12. The molecule has 5 heteroatoms. The quantitative estimate of drug-likeness (QED) is 0.702. The highest BCUT2D eigenvalue weighted by atomic mass is 35.5. The van der Waals surface area contributed by atoms with Crippen LogP contribution < -0.4 is 11.1 Å². The highest BCUT2D eigenvalue weighted by Gasteiger charge is 2.15. The number of amides is 1. The molecule has 3 N–H and O–H groups in total. The van der Waals surface area contributed by atoms with Gasteiger partial charge in [0.25, 0.3) is 5.91 Å². The molecule has 0 aliphatic rings. The second-order valence-corrected chi connectivity index (χ2v) is 5.39. The summed E-state index contributed by atoms with van der Waals surface area (Å²) >= 11 is 6.16. The first-order valence-corrected chi connectivity index (χ1v) is 7.15. The fraction of sp³-hybridized carbons (Fsp3) is 0.0588. The van der Waals surface area contributed by atoms with Gasteiger partial charge >= 0.3 is 0 Å². The van der Waals surface area contributed by atoms with E-state index in [4.69, 9.17) is 17.3 Å². The molecule has 4 nitrogen and oxygen atoms in total. The van der Waals surface area contributed by atoms with Gasteiger partial charge in [-0.25, -0.2) is 0 Å². The van der Waals surface area contributed by atoms with Crippen LogP contribution in [0.4, 0.5) is 11.4 Å². The van der Waals surface area contributed by atoms with Crippen LogP contribution in [0.25, 0.3) is 10.9 Å². The Morgan fingerprint density at radius 3 is 2.77 bits per heavy atom. The summed E-state index contributed by atoms with van der Waals surface area (Å²) in [6, 6.07) is 12.5. The first-order chi connectivity index (χ1) is 10.6. The number of hydrogen-bond donors (Lipinski definition) is 2. The highest BCUT2D eigenvalue weighted by molar-refractivity contribution is 6.36. The molecule has 0 aliphatic heterocycles. The molecule has 22 heavy (non-hydrogen) atoms. The first kappa shape index (κ1) is 14.4. The minimum atomic E-state index is -0.259. The Balaban J connectivity index is 2.04. The van der Waals surface area contributed by atoms with Crippen molar-refractivity contribution in [1.29, 1.82) is 0 Å². The molecule has 3 aromatic rings. The van der Waals surface area contributed by atoms with E-state index in [1.807, 2.05) is 25.1 Å². The van der Waals surface area contributed by atoms with Crippen LogP contribution in [0.5, 0.6) is 0 Å². The number of halogens is 1. The van der Waals surface area contributed by atoms with Gasteiger partial charge in [0.1, 0.15) is 0 Å². The third kappa shape index (κ3) is 2.49. The van der Waals surface area contributed by atoms with Crippen LogP contribution >= 0.6 is 11.6 Å². The van der Waals surface area contributed by atoms with Gasteiger partial charge in [-0.05, 0) is 42.8 Å². The van der Waals surface area contributed by atoms with Crippen molar-refractivity contribution in [2.45, 2.75) is 6.92 Å². The van der Waals surface area contributed by atoms with Gasteiger partial charge in [0.15, 0.2) is 0 Å². The molecule has 0 atom stereocenters. The van der Waals surface area contributed by atoms with Crippen molar-refractivity contribution in [3.05, 3.63) is 64.8 Å². The number of aromatic nitrogens is 1. The van der Waals surface area contributed by atoms with Gasteiger partial charge in [-0.1, -0.05) is 23.7 Å². The Hall–Kier alpha value is -2.59. The van der Waals surface area contributed by atoms with Gasteiger partial charge in [0, 0.05) is 17.3 Å². The summed E-state index contributed by atoms with van der Waals surface area (Å²) in [7, 11) is 0. The lowest BCUT2D eigenvalue weighted by Crippen LogP contribution is -2.16. The maximum Gasteiger partial charge on any atom is 0.258 e. The lowest BCUT2D eigenvalue weighted by molar-refractivity contribution is 0.102. The minimum Gasteiger partial charge on any atom is -0.398 e. The summed E-state index contributed by atoms with van der Waals surface area (Å²) in [5.74, 6) is -0.259. The molecule has 3 rings (SSSR count). The molecular weight excluding hydrogens is 298 g/mol. The molecule has 1 amide bonds. The maximum absolute atomic E-state index is 12.5.